The van der Waals surface area contributed by atoms with Crippen molar-refractivity contribution in [2.75, 3.05) is 24.3 Å². The van der Waals surface area contributed by atoms with Crippen molar-refractivity contribution in [2.45, 2.75) is 20.4 Å². The third-order valence-electron chi connectivity index (χ3n) is 2.98. The third-order valence-corrected chi connectivity index (χ3v) is 2.98. The Kier molecular flexibility index (Phi) is 3.60. The smallest absolute Gasteiger partial charge is 0.123 e. The van der Waals surface area contributed by atoms with Crippen LogP contribution >= 0.6 is 0 Å². The van der Waals surface area contributed by atoms with Crippen LogP contribution in [0, 0.1) is 13.8 Å². The lowest BCUT2D eigenvalue weighted by atomic mass is 10.1. The molecule has 0 unspecified atom stereocenters. The molecule has 3 heteroatoms. The Balaban J connectivity index is 2.05. The van der Waals surface area contributed by atoms with Crippen LogP contribution in [0.3, 0.4) is 0 Å². The standard InChI is InChI=1S/C15H20N2O/c1-11-9-13(17(3)4)6-8-15(11)16-10-14-7-5-12(2)18-14/h5-9,16H,10H2,1-4H3. The first-order valence-corrected chi connectivity index (χ1v) is 6.13. The lowest BCUT2D eigenvalue weighted by Gasteiger charge is -2.15. The van der Waals surface area contributed by atoms with E-state index in [1.165, 1.54) is 11.3 Å². The highest BCUT2D eigenvalue weighted by molar-refractivity contribution is 5.59. The minimum absolute atomic E-state index is 0.718. The molecule has 0 saturated carbocycles. The largest absolute Gasteiger partial charge is 0.465 e. The normalized spacial score (nSPS) is 10.4. The summed E-state index contributed by atoms with van der Waals surface area (Å²) in [5.74, 6) is 1.91. The summed E-state index contributed by atoms with van der Waals surface area (Å²) in [5.41, 5.74) is 3.60. The van der Waals surface area contributed by atoms with Gasteiger partial charge in [0.25, 0.3) is 0 Å². The summed E-state index contributed by atoms with van der Waals surface area (Å²) in [5, 5.41) is 3.40. The number of aryl methyl sites for hydroxylation is 2. The van der Waals surface area contributed by atoms with Crippen molar-refractivity contribution in [3.05, 3.63) is 47.4 Å². The van der Waals surface area contributed by atoms with E-state index in [4.69, 9.17) is 4.42 Å². The van der Waals surface area contributed by atoms with Gasteiger partial charge in [-0.1, -0.05) is 0 Å². The lowest BCUT2D eigenvalue weighted by Crippen LogP contribution is -2.09. The van der Waals surface area contributed by atoms with Gasteiger partial charge in [-0.05, 0) is 49.7 Å². The first-order valence-electron chi connectivity index (χ1n) is 6.13. The summed E-state index contributed by atoms with van der Waals surface area (Å²) in [7, 11) is 4.10. The van der Waals surface area contributed by atoms with Crippen molar-refractivity contribution in [3.63, 3.8) is 0 Å². The molecule has 0 fully saturated rings. The van der Waals surface area contributed by atoms with Gasteiger partial charge in [-0.15, -0.1) is 0 Å². The van der Waals surface area contributed by atoms with Crippen LogP contribution in [-0.2, 0) is 6.54 Å². The molecular formula is C15H20N2O. The van der Waals surface area contributed by atoms with E-state index in [0.717, 1.165) is 23.8 Å². The molecule has 0 saturated heterocycles. The van der Waals surface area contributed by atoms with E-state index in [1.807, 2.05) is 33.2 Å². The molecule has 3 nitrogen and oxygen atoms in total. The molecule has 1 aromatic carbocycles. The van der Waals surface area contributed by atoms with Gasteiger partial charge in [0, 0.05) is 25.5 Å². The fourth-order valence-electron chi connectivity index (χ4n) is 1.89. The van der Waals surface area contributed by atoms with E-state index < -0.39 is 0 Å². The summed E-state index contributed by atoms with van der Waals surface area (Å²) in [6.07, 6.45) is 0. The molecule has 1 heterocycles. The average Bonchev–Trinajstić information content (AvgIpc) is 2.73. The Labute approximate surface area is 108 Å². The molecule has 0 atom stereocenters. The van der Waals surface area contributed by atoms with Crippen LogP contribution in [-0.4, -0.2) is 14.1 Å². The monoisotopic (exact) mass is 244 g/mol. The van der Waals surface area contributed by atoms with E-state index in [0.29, 0.717) is 0 Å². The molecule has 2 rings (SSSR count). The maximum absolute atomic E-state index is 5.54. The highest BCUT2D eigenvalue weighted by atomic mass is 16.3. The molecule has 2 aromatic rings. The van der Waals surface area contributed by atoms with Crippen LogP contribution in [0.15, 0.2) is 34.7 Å². The molecule has 18 heavy (non-hydrogen) atoms. The Hall–Kier alpha value is -1.90. The van der Waals surface area contributed by atoms with E-state index in [2.05, 4.69) is 35.3 Å². The zero-order chi connectivity index (χ0) is 13.1. The molecule has 96 valence electrons. The van der Waals surface area contributed by atoms with Gasteiger partial charge >= 0.3 is 0 Å². The number of hydrogen-bond acceptors (Lipinski definition) is 3. The van der Waals surface area contributed by atoms with Crippen LogP contribution in [0.5, 0.6) is 0 Å². The first-order chi connectivity index (χ1) is 8.56. The summed E-state index contributed by atoms with van der Waals surface area (Å²) in [6.45, 7) is 4.79. The number of hydrogen-bond donors (Lipinski definition) is 1. The summed E-state index contributed by atoms with van der Waals surface area (Å²) in [4.78, 5) is 2.10. The van der Waals surface area contributed by atoms with Crippen molar-refractivity contribution < 1.29 is 4.42 Å². The molecule has 0 spiro atoms. The van der Waals surface area contributed by atoms with Gasteiger partial charge in [-0.3, -0.25) is 0 Å². The topological polar surface area (TPSA) is 28.4 Å². The molecule has 0 radical (unpaired) electrons. The van der Waals surface area contributed by atoms with Crippen molar-refractivity contribution in [1.29, 1.82) is 0 Å². The third kappa shape index (κ3) is 2.86. The van der Waals surface area contributed by atoms with Crippen LogP contribution in [0.2, 0.25) is 0 Å². The van der Waals surface area contributed by atoms with Crippen molar-refractivity contribution in [1.82, 2.24) is 0 Å². The van der Waals surface area contributed by atoms with Gasteiger partial charge in [0.05, 0.1) is 6.54 Å². The van der Waals surface area contributed by atoms with Gasteiger partial charge in [-0.25, -0.2) is 0 Å². The molecule has 1 aromatic heterocycles. The van der Waals surface area contributed by atoms with Crippen LogP contribution in [0.4, 0.5) is 11.4 Å². The van der Waals surface area contributed by atoms with Crippen LogP contribution in [0.25, 0.3) is 0 Å². The second-order valence-electron chi connectivity index (χ2n) is 4.76. The summed E-state index contributed by atoms with van der Waals surface area (Å²) < 4.78 is 5.54. The van der Waals surface area contributed by atoms with E-state index in [9.17, 15) is 0 Å². The molecule has 0 amide bonds. The molecule has 1 N–H and O–H groups in total. The second-order valence-corrected chi connectivity index (χ2v) is 4.76. The minimum atomic E-state index is 0.718. The second kappa shape index (κ2) is 5.17. The Morgan fingerprint density at radius 3 is 2.44 bits per heavy atom. The molecular weight excluding hydrogens is 224 g/mol. The quantitative estimate of drug-likeness (QED) is 0.891. The summed E-state index contributed by atoms with van der Waals surface area (Å²) in [6, 6.07) is 10.4. The van der Waals surface area contributed by atoms with Gasteiger partial charge < -0.3 is 14.6 Å². The van der Waals surface area contributed by atoms with Gasteiger partial charge in [0.1, 0.15) is 11.5 Å². The van der Waals surface area contributed by atoms with E-state index >= 15 is 0 Å². The fourth-order valence-corrected chi connectivity index (χ4v) is 1.89. The van der Waals surface area contributed by atoms with Crippen molar-refractivity contribution >= 4 is 11.4 Å². The van der Waals surface area contributed by atoms with Gasteiger partial charge in [-0.2, -0.15) is 0 Å². The lowest BCUT2D eigenvalue weighted by molar-refractivity contribution is 0.490. The van der Waals surface area contributed by atoms with Crippen LogP contribution in [0.1, 0.15) is 17.1 Å². The number of rotatable bonds is 4. The van der Waals surface area contributed by atoms with Crippen molar-refractivity contribution in [3.8, 4) is 0 Å². The maximum Gasteiger partial charge on any atom is 0.123 e. The first kappa shape index (κ1) is 12.6. The summed E-state index contributed by atoms with van der Waals surface area (Å²) >= 11 is 0. The Morgan fingerprint density at radius 1 is 1.11 bits per heavy atom. The molecule has 0 aliphatic carbocycles. The highest BCUT2D eigenvalue weighted by Gasteiger charge is 2.03. The average molecular weight is 244 g/mol. The fraction of sp³-hybridized carbons (Fsp3) is 0.333. The molecule has 0 aliphatic heterocycles. The number of nitrogens with one attached hydrogen (secondary N) is 1. The Bertz CT molecular complexity index is 529. The highest BCUT2D eigenvalue weighted by Crippen LogP contribution is 2.22. The zero-order valence-corrected chi connectivity index (χ0v) is 11.4. The minimum Gasteiger partial charge on any atom is -0.465 e. The predicted molar refractivity (Wildman–Crippen MR) is 76.3 cm³/mol. The van der Waals surface area contributed by atoms with E-state index in [1.54, 1.807) is 0 Å². The maximum atomic E-state index is 5.54. The number of benzene rings is 1. The zero-order valence-electron chi connectivity index (χ0n) is 11.4. The molecule has 0 bridgehead atoms. The van der Waals surface area contributed by atoms with Crippen LogP contribution < -0.4 is 10.2 Å². The number of nitrogens with zero attached hydrogens (tertiary/aromatic N) is 1. The van der Waals surface area contributed by atoms with Gasteiger partial charge in [0.2, 0.25) is 0 Å². The number of furan rings is 1. The molecule has 0 aliphatic rings. The Morgan fingerprint density at radius 2 is 1.89 bits per heavy atom. The predicted octanol–water partition coefficient (Wildman–Crippen LogP) is 3.57. The van der Waals surface area contributed by atoms with E-state index in [-0.39, 0.29) is 0 Å². The van der Waals surface area contributed by atoms with Crippen molar-refractivity contribution in [2.24, 2.45) is 0 Å². The number of anilines is 2. The van der Waals surface area contributed by atoms with Gasteiger partial charge in [0.15, 0.2) is 0 Å². The SMILES string of the molecule is Cc1ccc(CNc2ccc(N(C)C)cc2C)o1.